The molecule has 1 rings (SSSR count). The number of nitrogens with zero attached hydrogens (tertiary/aromatic N) is 1. The van der Waals surface area contributed by atoms with Crippen molar-refractivity contribution in [1.29, 1.82) is 0 Å². The van der Waals surface area contributed by atoms with E-state index in [4.69, 9.17) is 10.5 Å². The molecule has 104 valence electrons. The molecule has 1 aliphatic heterocycles. The summed E-state index contributed by atoms with van der Waals surface area (Å²) in [7, 11) is 1.50. The van der Waals surface area contributed by atoms with Crippen LogP contribution in [0.2, 0.25) is 0 Å². The summed E-state index contributed by atoms with van der Waals surface area (Å²) in [5, 5.41) is 2.90. The van der Waals surface area contributed by atoms with Crippen LogP contribution in [-0.4, -0.2) is 56.1 Å². The van der Waals surface area contributed by atoms with E-state index in [9.17, 15) is 9.59 Å². The number of nitrogens with one attached hydrogen (secondary N) is 1. The van der Waals surface area contributed by atoms with Crippen LogP contribution in [0.5, 0.6) is 0 Å². The first-order chi connectivity index (χ1) is 8.58. The molecule has 0 spiro atoms. The first-order valence-electron chi connectivity index (χ1n) is 6.35. The number of carbonyl (C=O) groups is 2. The highest BCUT2D eigenvalue weighted by Crippen LogP contribution is 2.13. The minimum atomic E-state index is -0.121. The summed E-state index contributed by atoms with van der Waals surface area (Å²) in [6.45, 7) is 3.67. The Balaban J connectivity index is 2.32. The lowest BCUT2D eigenvalue weighted by atomic mass is 10.0. The highest BCUT2D eigenvalue weighted by molar-refractivity contribution is 5.79. The number of piperidine rings is 1. The van der Waals surface area contributed by atoms with E-state index in [1.54, 1.807) is 0 Å². The van der Waals surface area contributed by atoms with Crippen LogP contribution >= 0.6 is 0 Å². The van der Waals surface area contributed by atoms with Crippen molar-refractivity contribution in [1.82, 2.24) is 10.2 Å². The predicted molar refractivity (Wildman–Crippen MR) is 67.8 cm³/mol. The Labute approximate surface area is 108 Å². The van der Waals surface area contributed by atoms with E-state index in [-0.39, 0.29) is 30.4 Å². The van der Waals surface area contributed by atoms with Gasteiger partial charge in [-0.05, 0) is 12.8 Å². The van der Waals surface area contributed by atoms with Gasteiger partial charge in [-0.3, -0.25) is 9.59 Å². The molecule has 0 aromatic heterocycles. The minimum Gasteiger partial charge on any atom is -0.375 e. The second kappa shape index (κ2) is 7.33. The maximum Gasteiger partial charge on any atom is 0.246 e. The zero-order valence-electron chi connectivity index (χ0n) is 11.1. The van der Waals surface area contributed by atoms with Gasteiger partial charge in [0.2, 0.25) is 11.8 Å². The maximum atomic E-state index is 11.9. The van der Waals surface area contributed by atoms with Gasteiger partial charge >= 0.3 is 0 Å². The first-order valence-corrected chi connectivity index (χ1v) is 6.35. The topological polar surface area (TPSA) is 84.7 Å². The molecule has 6 heteroatoms. The Kier molecular flexibility index (Phi) is 6.07. The predicted octanol–water partition coefficient (Wildman–Crippen LogP) is -0.665. The van der Waals surface area contributed by atoms with Gasteiger partial charge in [0.05, 0.1) is 0 Å². The Morgan fingerprint density at radius 1 is 1.44 bits per heavy atom. The third-order valence-corrected chi connectivity index (χ3v) is 3.22. The van der Waals surface area contributed by atoms with Crippen molar-refractivity contribution in [2.24, 2.45) is 11.7 Å². The van der Waals surface area contributed by atoms with Crippen LogP contribution in [0.3, 0.4) is 0 Å². The van der Waals surface area contributed by atoms with Gasteiger partial charge in [0.1, 0.15) is 6.61 Å². The van der Waals surface area contributed by atoms with E-state index in [1.807, 2.05) is 11.8 Å². The number of ether oxygens (including phenoxy) is 1. The largest absolute Gasteiger partial charge is 0.375 e. The van der Waals surface area contributed by atoms with Crippen LogP contribution in [0.4, 0.5) is 0 Å². The van der Waals surface area contributed by atoms with Crippen LogP contribution in [0, 0.1) is 5.92 Å². The lowest BCUT2D eigenvalue weighted by Crippen LogP contribution is -2.49. The normalized spacial score (nSPS) is 18.5. The van der Waals surface area contributed by atoms with E-state index in [0.29, 0.717) is 19.6 Å². The third kappa shape index (κ3) is 4.27. The summed E-state index contributed by atoms with van der Waals surface area (Å²) < 4.78 is 4.76. The molecule has 0 aliphatic carbocycles. The molecule has 1 fully saturated rings. The molecule has 1 aliphatic rings. The van der Waals surface area contributed by atoms with Gasteiger partial charge in [0.25, 0.3) is 0 Å². The number of methoxy groups -OCH3 is 1. The van der Waals surface area contributed by atoms with E-state index in [1.165, 1.54) is 7.11 Å². The molecule has 1 saturated heterocycles. The minimum absolute atomic E-state index is 0.0867. The van der Waals surface area contributed by atoms with Crippen LogP contribution in [0.1, 0.15) is 19.8 Å². The molecule has 1 unspecified atom stereocenters. The molecule has 0 aromatic rings. The lowest BCUT2D eigenvalue weighted by Gasteiger charge is -2.33. The van der Waals surface area contributed by atoms with Crippen LogP contribution < -0.4 is 11.1 Å². The van der Waals surface area contributed by atoms with E-state index >= 15 is 0 Å². The number of hydrogen-bond acceptors (Lipinski definition) is 4. The summed E-state index contributed by atoms with van der Waals surface area (Å²) >= 11 is 0. The molecule has 1 heterocycles. The van der Waals surface area contributed by atoms with Crippen LogP contribution in [0.15, 0.2) is 0 Å². The molecular formula is C12H23N3O3. The van der Waals surface area contributed by atoms with Gasteiger partial charge < -0.3 is 20.7 Å². The summed E-state index contributed by atoms with van der Waals surface area (Å²) in [5.41, 5.74) is 5.49. The number of rotatable bonds is 5. The smallest absolute Gasteiger partial charge is 0.246 e. The van der Waals surface area contributed by atoms with E-state index < -0.39 is 0 Å². The Hall–Kier alpha value is -1.14. The second-order valence-electron chi connectivity index (χ2n) is 4.74. The van der Waals surface area contributed by atoms with Gasteiger partial charge in [-0.2, -0.15) is 0 Å². The molecule has 6 nitrogen and oxygen atoms in total. The Morgan fingerprint density at radius 3 is 2.56 bits per heavy atom. The first kappa shape index (κ1) is 14.9. The number of hydrogen-bond donors (Lipinski definition) is 2. The van der Waals surface area contributed by atoms with Crippen LogP contribution in [0.25, 0.3) is 0 Å². The van der Waals surface area contributed by atoms with Crippen molar-refractivity contribution in [3.63, 3.8) is 0 Å². The summed E-state index contributed by atoms with van der Waals surface area (Å²) in [5.74, 6) is -0.110. The number of carbonyl (C=O) groups excluding carboxylic acids is 2. The Bertz CT molecular complexity index is 288. The van der Waals surface area contributed by atoms with Gasteiger partial charge in [0, 0.05) is 38.7 Å². The Morgan fingerprint density at radius 2 is 2.06 bits per heavy atom. The third-order valence-electron chi connectivity index (χ3n) is 3.22. The van der Waals surface area contributed by atoms with Crippen molar-refractivity contribution in [2.45, 2.75) is 25.8 Å². The molecule has 0 aromatic carbocycles. The zero-order chi connectivity index (χ0) is 13.5. The molecule has 2 amide bonds. The molecular weight excluding hydrogens is 234 g/mol. The van der Waals surface area contributed by atoms with Crippen molar-refractivity contribution in [3.8, 4) is 0 Å². The van der Waals surface area contributed by atoms with Gasteiger partial charge in [-0.15, -0.1) is 0 Å². The fourth-order valence-electron chi connectivity index (χ4n) is 2.06. The van der Waals surface area contributed by atoms with Crippen molar-refractivity contribution < 1.29 is 14.3 Å². The van der Waals surface area contributed by atoms with E-state index in [0.717, 1.165) is 12.8 Å². The standard InChI is InChI=1S/C12H23N3O3/c1-9(7-13)12(17)15-5-3-10(4-6-15)14-11(16)8-18-2/h9-10H,3-8,13H2,1-2H3,(H,14,16). The quantitative estimate of drug-likeness (QED) is 0.684. The molecule has 0 radical (unpaired) electrons. The van der Waals surface area contributed by atoms with Crippen molar-refractivity contribution in [3.05, 3.63) is 0 Å². The SMILES string of the molecule is COCC(=O)NC1CCN(C(=O)C(C)CN)CC1. The van der Waals surface area contributed by atoms with Crippen molar-refractivity contribution >= 4 is 11.8 Å². The number of amides is 2. The van der Waals surface area contributed by atoms with Gasteiger partial charge in [-0.25, -0.2) is 0 Å². The molecule has 3 N–H and O–H groups in total. The lowest BCUT2D eigenvalue weighted by molar-refractivity contribution is -0.135. The fraction of sp³-hybridized carbons (Fsp3) is 0.833. The summed E-state index contributed by atoms with van der Waals surface area (Å²) in [6.07, 6.45) is 1.58. The zero-order valence-corrected chi connectivity index (χ0v) is 11.1. The second-order valence-corrected chi connectivity index (χ2v) is 4.74. The number of likely N-dealkylation sites (tertiary alicyclic amines) is 1. The van der Waals surface area contributed by atoms with E-state index in [2.05, 4.69) is 5.32 Å². The molecule has 18 heavy (non-hydrogen) atoms. The summed E-state index contributed by atoms with van der Waals surface area (Å²) in [6, 6.07) is 0.143. The average Bonchev–Trinajstić information content (AvgIpc) is 2.38. The van der Waals surface area contributed by atoms with Crippen LogP contribution in [-0.2, 0) is 14.3 Å². The maximum absolute atomic E-state index is 11.9. The number of nitrogens with two attached hydrogens (primary N) is 1. The monoisotopic (exact) mass is 257 g/mol. The van der Waals surface area contributed by atoms with Gasteiger partial charge in [-0.1, -0.05) is 6.92 Å². The highest BCUT2D eigenvalue weighted by atomic mass is 16.5. The van der Waals surface area contributed by atoms with Gasteiger partial charge in [0.15, 0.2) is 0 Å². The fourth-order valence-corrected chi connectivity index (χ4v) is 2.06. The molecule has 0 bridgehead atoms. The van der Waals surface area contributed by atoms with Crippen molar-refractivity contribution in [2.75, 3.05) is 33.4 Å². The molecule has 0 saturated carbocycles. The molecule has 1 atom stereocenters. The highest BCUT2D eigenvalue weighted by Gasteiger charge is 2.25. The summed E-state index contributed by atoms with van der Waals surface area (Å²) in [4.78, 5) is 25.1. The average molecular weight is 257 g/mol.